The lowest BCUT2D eigenvalue weighted by Gasteiger charge is -2.36. The summed E-state index contributed by atoms with van der Waals surface area (Å²) in [6.45, 7) is 16.2. The summed E-state index contributed by atoms with van der Waals surface area (Å²) in [5, 5.41) is 0. The van der Waals surface area contributed by atoms with Crippen LogP contribution in [0.15, 0.2) is 54.6 Å². The number of esters is 4. The van der Waals surface area contributed by atoms with Crippen molar-refractivity contribution in [2.24, 2.45) is 11.8 Å². The summed E-state index contributed by atoms with van der Waals surface area (Å²) in [6.07, 6.45) is -8.18. The maximum Gasteiger partial charge on any atom is 0.329 e. The second-order valence-corrected chi connectivity index (χ2v) is 20.9. The summed E-state index contributed by atoms with van der Waals surface area (Å²) >= 11 is 0. The third kappa shape index (κ3) is 17.7. The minimum atomic E-state index is -2.09. The Labute approximate surface area is 418 Å². The SMILES string of the molecule is Cc1ccc(C[C@H]2OC(=O)[C@H](CC(C)(C)F)N(C)C(=O)[C@@H](C)OC(=O)[C@H](CC(C)C)N(C)C(=O)[C@@H](Cc3ccccc3)OC(=O)[C@H](CC(C)(C)F)N(C)C(=O)[C@@H](C)OC(=O)[C@H](CC(C)C)N(C)C2=O)cc1. The smallest absolute Gasteiger partial charge is 0.329 e. The van der Waals surface area contributed by atoms with Crippen LogP contribution in [0, 0.1) is 18.8 Å². The Hall–Kier alpha value is -5.94. The number of hydrogen-bond acceptors (Lipinski definition) is 12. The highest BCUT2D eigenvalue weighted by Crippen LogP contribution is 2.27. The van der Waals surface area contributed by atoms with Crippen LogP contribution in [-0.4, -0.2) is 155 Å². The molecule has 18 heteroatoms. The van der Waals surface area contributed by atoms with Gasteiger partial charge in [-0.25, -0.2) is 28.0 Å². The molecular weight excluding hydrogens is 923 g/mol. The number of cyclic esters (lactones) is 4. The van der Waals surface area contributed by atoms with Crippen molar-refractivity contribution in [3.05, 3.63) is 71.3 Å². The zero-order chi connectivity index (χ0) is 53.9. The molecule has 1 fully saturated rings. The van der Waals surface area contributed by atoms with E-state index in [2.05, 4.69) is 0 Å². The number of alkyl halides is 2. The van der Waals surface area contributed by atoms with Crippen molar-refractivity contribution in [3.8, 4) is 0 Å². The fourth-order valence-corrected chi connectivity index (χ4v) is 8.21. The second-order valence-electron chi connectivity index (χ2n) is 20.9. The molecule has 0 unspecified atom stereocenters. The largest absolute Gasteiger partial charge is 0.451 e. The molecule has 16 nitrogen and oxygen atoms in total. The predicted octanol–water partition coefficient (Wildman–Crippen LogP) is 6.16. The average Bonchev–Trinajstić information content (AvgIpc) is 3.28. The summed E-state index contributed by atoms with van der Waals surface area (Å²) in [4.78, 5) is 119. The Morgan fingerprint density at radius 2 is 0.789 bits per heavy atom. The topological polar surface area (TPSA) is 186 Å². The van der Waals surface area contributed by atoms with Gasteiger partial charge in [-0.3, -0.25) is 19.2 Å². The molecule has 0 aliphatic carbocycles. The van der Waals surface area contributed by atoms with Gasteiger partial charge in [0.25, 0.3) is 23.6 Å². The minimum Gasteiger partial charge on any atom is -0.451 e. The second kappa shape index (κ2) is 25.4. The van der Waals surface area contributed by atoms with Gasteiger partial charge in [0.15, 0.2) is 24.4 Å². The van der Waals surface area contributed by atoms with Crippen molar-refractivity contribution in [1.29, 1.82) is 0 Å². The number of nitrogens with zero attached hydrogens (tertiary/aromatic N) is 4. The van der Waals surface area contributed by atoms with E-state index >= 15 is 8.78 Å². The third-order valence-electron chi connectivity index (χ3n) is 12.3. The van der Waals surface area contributed by atoms with Gasteiger partial charge in [-0.2, -0.15) is 0 Å². The molecule has 0 bridgehead atoms. The van der Waals surface area contributed by atoms with Gasteiger partial charge in [0.05, 0.1) is 0 Å². The first-order chi connectivity index (χ1) is 32.8. The maximum absolute atomic E-state index is 15.6. The minimum absolute atomic E-state index is 0.00380. The molecule has 0 radical (unpaired) electrons. The van der Waals surface area contributed by atoms with Crippen molar-refractivity contribution in [3.63, 3.8) is 0 Å². The van der Waals surface area contributed by atoms with Crippen LogP contribution in [0.1, 0.15) is 112 Å². The van der Waals surface area contributed by atoms with Crippen molar-refractivity contribution < 1.29 is 66.1 Å². The molecule has 1 heterocycles. The summed E-state index contributed by atoms with van der Waals surface area (Å²) in [7, 11) is 5.00. The van der Waals surface area contributed by atoms with E-state index in [1.807, 2.05) is 6.92 Å². The molecule has 4 amide bonds. The van der Waals surface area contributed by atoms with Gasteiger partial charge in [-0.05, 0) is 84.3 Å². The molecule has 71 heavy (non-hydrogen) atoms. The Kier molecular flexibility index (Phi) is 21.3. The number of carbonyl (C=O) groups is 8. The van der Waals surface area contributed by atoms with Gasteiger partial charge < -0.3 is 38.5 Å². The maximum atomic E-state index is 15.6. The van der Waals surface area contributed by atoms with E-state index in [4.69, 9.17) is 18.9 Å². The number of carbonyl (C=O) groups excluding carboxylic acids is 8. The molecule has 1 aliphatic rings. The molecule has 1 saturated heterocycles. The van der Waals surface area contributed by atoms with E-state index in [1.54, 1.807) is 82.3 Å². The number of halogens is 2. The lowest BCUT2D eigenvalue weighted by Crippen LogP contribution is -2.55. The van der Waals surface area contributed by atoms with Crippen LogP contribution < -0.4 is 0 Å². The van der Waals surface area contributed by atoms with Crippen LogP contribution in [0.5, 0.6) is 0 Å². The summed E-state index contributed by atoms with van der Waals surface area (Å²) in [5.41, 5.74) is -2.18. The van der Waals surface area contributed by atoms with Gasteiger partial charge >= 0.3 is 23.9 Å². The Balaban J connectivity index is 2.29. The number of aryl methyl sites for hydroxylation is 1. The quantitative estimate of drug-likeness (QED) is 0.175. The third-order valence-corrected chi connectivity index (χ3v) is 12.3. The van der Waals surface area contributed by atoms with E-state index in [0.29, 0.717) is 11.1 Å². The van der Waals surface area contributed by atoms with Crippen molar-refractivity contribution in [1.82, 2.24) is 19.6 Å². The Morgan fingerprint density at radius 1 is 0.479 bits per heavy atom. The molecule has 0 aromatic heterocycles. The average molecular weight is 999 g/mol. The first-order valence-electron chi connectivity index (χ1n) is 24.2. The molecule has 1 aliphatic heterocycles. The zero-order valence-corrected chi connectivity index (χ0v) is 44.2. The molecule has 3 rings (SSSR count). The van der Waals surface area contributed by atoms with Crippen LogP contribution in [0.4, 0.5) is 8.78 Å². The van der Waals surface area contributed by atoms with E-state index in [1.165, 1.54) is 69.7 Å². The highest BCUT2D eigenvalue weighted by molar-refractivity contribution is 5.94. The van der Waals surface area contributed by atoms with Crippen LogP contribution in [-0.2, 0) is 70.1 Å². The van der Waals surface area contributed by atoms with Gasteiger partial charge in [0.1, 0.15) is 35.5 Å². The molecule has 2 aromatic rings. The molecule has 2 aromatic carbocycles. The first kappa shape index (κ1) is 59.4. The van der Waals surface area contributed by atoms with Crippen LogP contribution in [0.2, 0.25) is 0 Å². The van der Waals surface area contributed by atoms with Crippen molar-refractivity contribution in [2.45, 2.75) is 175 Å². The standard InChI is InChI=1S/C53H76F2N4O12/c1-31(2)25-38-48(64)68-35(7)45(61)59(15)41(30-53(10,11)55)51(67)71-43(28-37-23-21-33(5)22-24-37)47(63)57(13)39(26-32(3)4)49(65)69-34(6)44(60)58(14)40(29-52(8,9)54)50(66)70-42(46(62)56(38)12)27-36-19-17-16-18-20-36/h16-24,31-32,34-35,38-43H,25-30H2,1-15H3/t34-,35-,38+,39+,40+,41+,42-,43-/m1/s1. The molecule has 0 spiro atoms. The highest BCUT2D eigenvalue weighted by atomic mass is 19.1. The normalized spacial score (nSPS) is 25.0. The number of amides is 4. The summed E-state index contributed by atoms with van der Waals surface area (Å²) in [6, 6.07) is 9.39. The van der Waals surface area contributed by atoms with Gasteiger partial charge in [0, 0.05) is 53.9 Å². The molecule has 394 valence electrons. The van der Waals surface area contributed by atoms with Crippen molar-refractivity contribution >= 4 is 47.5 Å². The van der Waals surface area contributed by atoms with E-state index < -0.39 is 120 Å². The molecule has 0 N–H and O–H groups in total. The van der Waals surface area contributed by atoms with Crippen LogP contribution in [0.3, 0.4) is 0 Å². The number of likely N-dealkylation sites (N-methyl/N-ethyl adjacent to an activating group) is 4. The van der Waals surface area contributed by atoms with Crippen molar-refractivity contribution in [2.75, 3.05) is 28.2 Å². The van der Waals surface area contributed by atoms with E-state index in [9.17, 15) is 38.4 Å². The number of ether oxygens (including phenoxy) is 4. The predicted molar refractivity (Wildman–Crippen MR) is 261 cm³/mol. The monoisotopic (exact) mass is 999 g/mol. The van der Waals surface area contributed by atoms with E-state index in [-0.39, 0.29) is 37.5 Å². The lowest BCUT2D eigenvalue weighted by atomic mass is 9.98. The van der Waals surface area contributed by atoms with Gasteiger partial charge in [-0.15, -0.1) is 0 Å². The van der Waals surface area contributed by atoms with Gasteiger partial charge in [0.2, 0.25) is 0 Å². The Bertz CT molecular complexity index is 2180. The summed E-state index contributed by atoms with van der Waals surface area (Å²) < 4.78 is 54.6. The van der Waals surface area contributed by atoms with Gasteiger partial charge in [-0.1, -0.05) is 87.9 Å². The van der Waals surface area contributed by atoms with E-state index in [0.717, 1.165) is 25.2 Å². The zero-order valence-electron chi connectivity index (χ0n) is 44.2. The molecule has 8 atom stereocenters. The first-order valence-corrected chi connectivity index (χ1v) is 24.2. The number of benzene rings is 2. The van der Waals surface area contributed by atoms with Crippen LogP contribution in [0.25, 0.3) is 0 Å². The summed E-state index contributed by atoms with van der Waals surface area (Å²) in [5.74, 6) is -8.50. The fraction of sp³-hybridized carbons (Fsp3) is 0.623. The number of hydrogen-bond donors (Lipinski definition) is 0. The molecule has 0 saturated carbocycles. The molecular formula is C53H76F2N4O12. The van der Waals surface area contributed by atoms with Crippen LogP contribution >= 0.6 is 0 Å². The highest BCUT2D eigenvalue weighted by Gasteiger charge is 2.44. The lowest BCUT2D eigenvalue weighted by molar-refractivity contribution is -0.176. The fourth-order valence-electron chi connectivity index (χ4n) is 8.21. The number of rotatable bonds is 12. The Morgan fingerprint density at radius 3 is 1.11 bits per heavy atom.